The van der Waals surface area contributed by atoms with Crippen LogP contribution in [0.15, 0.2) is 22.0 Å². The van der Waals surface area contributed by atoms with Gasteiger partial charge in [0.1, 0.15) is 5.15 Å². The molecule has 0 fully saturated rings. The van der Waals surface area contributed by atoms with Gasteiger partial charge >= 0.3 is 0 Å². The molecule has 0 aliphatic heterocycles. The highest BCUT2D eigenvalue weighted by atomic mass is 35.5. The van der Waals surface area contributed by atoms with Gasteiger partial charge in [0, 0.05) is 12.7 Å². The average Bonchev–Trinajstić information content (AvgIpc) is 2.64. The molecule has 78 valence electrons. The summed E-state index contributed by atoms with van der Waals surface area (Å²) in [4.78, 5) is 8.01. The lowest BCUT2D eigenvalue weighted by molar-refractivity contribution is 0.429. The van der Waals surface area contributed by atoms with Gasteiger partial charge in [0.15, 0.2) is 0 Å². The molecule has 5 nitrogen and oxygen atoms in total. The van der Waals surface area contributed by atoms with Crippen molar-refractivity contribution in [3.63, 3.8) is 0 Å². The van der Waals surface area contributed by atoms with Gasteiger partial charge in [0.05, 0.1) is 18.1 Å². The van der Waals surface area contributed by atoms with Crippen LogP contribution in [-0.2, 0) is 5.75 Å². The predicted molar refractivity (Wildman–Crippen MR) is 55.6 cm³/mol. The molecule has 2 aromatic heterocycles. The Morgan fingerprint density at radius 1 is 1.33 bits per heavy atom. The molecule has 0 radical (unpaired) electrons. The lowest BCUT2D eigenvalue weighted by Crippen LogP contribution is -1.88. The summed E-state index contributed by atoms with van der Waals surface area (Å²) in [5, 5.41) is 8.49. The first kappa shape index (κ1) is 10.4. The van der Waals surface area contributed by atoms with E-state index in [-0.39, 0.29) is 0 Å². The minimum atomic E-state index is 0.386. The highest BCUT2D eigenvalue weighted by Gasteiger charge is 2.04. The lowest BCUT2D eigenvalue weighted by Gasteiger charge is -1.96. The molecule has 0 aromatic carbocycles. The van der Waals surface area contributed by atoms with E-state index in [0.29, 0.717) is 22.0 Å². The molecule has 15 heavy (non-hydrogen) atoms. The van der Waals surface area contributed by atoms with Crippen LogP contribution in [0.25, 0.3) is 0 Å². The van der Waals surface area contributed by atoms with E-state index < -0.39 is 0 Å². The highest BCUT2D eigenvalue weighted by molar-refractivity contribution is 7.98. The first-order valence-electron chi connectivity index (χ1n) is 4.13. The number of nitrogens with zero attached hydrogens (tertiary/aromatic N) is 4. The second kappa shape index (κ2) is 4.59. The van der Waals surface area contributed by atoms with Crippen LogP contribution in [0.4, 0.5) is 0 Å². The Hall–Kier alpha value is -1.14. The highest BCUT2D eigenvalue weighted by Crippen LogP contribution is 2.19. The summed E-state index contributed by atoms with van der Waals surface area (Å²) in [7, 11) is 0. The number of rotatable bonds is 3. The van der Waals surface area contributed by atoms with Crippen molar-refractivity contribution in [3.05, 3.63) is 29.1 Å². The predicted octanol–water partition coefficient (Wildman–Crippen LogP) is 2.11. The molecule has 2 rings (SSSR count). The van der Waals surface area contributed by atoms with Crippen LogP contribution in [0.5, 0.6) is 0 Å². The largest absolute Gasteiger partial charge is 0.416 e. The fourth-order valence-corrected chi connectivity index (χ4v) is 1.68. The first-order valence-corrected chi connectivity index (χ1v) is 5.50. The third kappa shape index (κ3) is 2.90. The Kier molecular flexibility index (Phi) is 3.17. The third-order valence-corrected chi connectivity index (χ3v) is 2.57. The number of hydrogen-bond acceptors (Lipinski definition) is 6. The van der Waals surface area contributed by atoms with Crippen LogP contribution < -0.4 is 0 Å². The zero-order valence-corrected chi connectivity index (χ0v) is 9.42. The summed E-state index contributed by atoms with van der Waals surface area (Å²) in [6.45, 7) is 1.75. The van der Waals surface area contributed by atoms with Crippen LogP contribution in [0.3, 0.4) is 0 Å². The van der Waals surface area contributed by atoms with Crippen molar-refractivity contribution in [3.8, 4) is 0 Å². The number of aromatic nitrogens is 4. The maximum Gasteiger partial charge on any atom is 0.276 e. The van der Waals surface area contributed by atoms with E-state index in [0.717, 1.165) is 5.69 Å². The van der Waals surface area contributed by atoms with E-state index in [9.17, 15) is 0 Å². The maximum atomic E-state index is 5.61. The number of halogens is 1. The van der Waals surface area contributed by atoms with Gasteiger partial charge in [-0.3, -0.25) is 4.98 Å². The SMILES string of the molecule is Cc1nnc(SCc2cnc(Cl)cn2)o1. The summed E-state index contributed by atoms with van der Waals surface area (Å²) in [6.07, 6.45) is 3.13. The Morgan fingerprint density at radius 2 is 2.20 bits per heavy atom. The van der Waals surface area contributed by atoms with Gasteiger partial charge in [-0.25, -0.2) is 4.98 Å². The zero-order chi connectivity index (χ0) is 10.7. The third-order valence-electron chi connectivity index (χ3n) is 1.52. The number of hydrogen-bond donors (Lipinski definition) is 0. The molecule has 2 aromatic rings. The fraction of sp³-hybridized carbons (Fsp3) is 0.250. The molecule has 7 heteroatoms. The van der Waals surface area contributed by atoms with Crippen molar-refractivity contribution in [1.82, 2.24) is 20.2 Å². The minimum absolute atomic E-state index is 0.386. The maximum absolute atomic E-state index is 5.61. The molecule has 0 saturated carbocycles. The molecule has 0 amide bonds. The van der Waals surface area contributed by atoms with Gasteiger partial charge in [-0.15, -0.1) is 10.2 Å². The van der Waals surface area contributed by atoms with Gasteiger partial charge in [-0.1, -0.05) is 23.4 Å². The second-order valence-corrected chi connectivity index (χ2v) is 4.02. The summed E-state index contributed by atoms with van der Waals surface area (Å²) in [5.74, 6) is 1.19. The normalized spacial score (nSPS) is 10.5. The van der Waals surface area contributed by atoms with Gasteiger partial charge in [0.25, 0.3) is 5.22 Å². The molecule has 0 aliphatic carbocycles. The van der Waals surface area contributed by atoms with Crippen molar-refractivity contribution >= 4 is 23.4 Å². The lowest BCUT2D eigenvalue weighted by atomic mass is 10.5. The summed E-state index contributed by atoms with van der Waals surface area (Å²) in [6, 6.07) is 0. The van der Waals surface area contributed by atoms with Crippen LogP contribution in [0, 0.1) is 6.92 Å². The molecule has 0 atom stereocenters. The molecule has 0 bridgehead atoms. The van der Waals surface area contributed by atoms with E-state index in [4.69, 9.17) is 16.0 Å². The van der Waals surface area contributed by atoms with Crippen molar-refractivity contribution in [2.45, 2.75) is 17.9 Å². The molecule has 0 saturated heterocycles. The van der Waals surface area contributed by atoms with E-state index in [1.54, 1.807) is 13.1 Å². The standard InChI is InChI=1S/C8H7ClN4OS/c1-5-12-13-8(14-5)15-4-6-2-11-7(9)3-10-6/h2-3H,4H2,1H3. The van der Waals surface area contributed by atoms with Gasteiger partial charge < -0.3 is 4.42 Å². The number of thioether (sulfide) groups is 1. The Balaban J connectivity index is 1.96. The Bertz CT molecular complexity index is 444. The van der Waals surface area contributed by atoms with Crippen LogP contribution >= 0.6 is 23.4 Å². The van der Waals surface area contributed by atoms with E-state index >= 15 is 0 Å². The molecular formula is C8H7ClN4OS. The van der Waals surface area contributed by atoms with Crippen LogP contribution in [-0.4, -0.2) is 20.2 Å². The first-order chi connectivity index (χ1) is 7.24. The van der Waals surface area contributed by atoms with Crippen molar-refractivity contribution in [2.75, 3.05) is 0 Å². The quantitative estimate of drug-likeness (QED) is 0.768. The molecule has 0 unspecified atom stereocenters. The molecule has 0 N–H and O–H groups in total. The smallest absolute Gasteiger partial charge is 0.276 e. The van der Waals surface area contributed by atoms with Crippen molar-refractivity contribution in [2.24, 2.45) is 0 Å². The molecule has 0 aliphatic rings. The summed E-state index contributed by atoms with van der Waals surface area (Å²) < 4.78 is 5.20. The number of aryl methyl sites for hydroxylation is 1. The van der Waals surface area contributed by atoms with Gasteiger partial charge in [0.2, 0.25) is 5.89 Å². The van der Waals surface area contributed by atoms with E-state index in [2.05, 4.69) is 20.2 Å². The topological polar surface area (TPSA) is 64.7 Å². The minimum Gasteiger partial charge on any atom is -0.416 e. The Morgan fingerprint density at radius 3 is 2.80 bits per heavy atom. The van der Waals surface area contributed by atoms with Gasteiger partial charge in [-0.2, -0.15) is 0 Å². The zero-order valence-electron chi connectivity index (χ0n) is 7.85. The summed E-state index contributed by atoms with van der Waals surface area (Å²) in [5.41, 5.74) is 0.820. The average molecular weight is 243 g/mol. The molecule has 2 heterocycles. The summed E-state index contributed by atoms with van der Waals surface area (Å²) >= 11 is 7.03. The van der Waals surface area contributed by atoms with Crippen molar-refractivity contribution in [1.29, 1.82) is 0 Å². The fourth-order valence-electron chi connectivity index (χ4n) is 0.886. The van der Waals surface area contributed by atoms with E-state index in [1.807, 2.05) is 0 Å². The molecule has 0 spiro atoms. The van der Waals surface area contributed by atoms with Crippen molar-refractivity contribution < 1.29 is 4.42 Å². The Labute approximate surface area is 95.3 Å². The molecular weight excluding hydrogens is 236 g/mol. The van der Waals surface area contributed by atoms with E-state index in [1.165, 1.54) is 18.0 Å². The van der Waals surface area contributed by atoms with Crippen LogP contribution in [0.2, 0.25) is 5.15 Å². The van der Waals surface area contributed by atoms with Gasteiger partial charge in [-0.05, 0) is 0 Å². The second-order valence-electron chi connectivity index (χ2n) is 2.71. The monoisotopic (exact) mass is 242 g/mol. The van der Waals surface area contributed by atoms with Crippen LogP contribution in [0.1, 0.15) is 11.6 Å².